The molecule has 1 aliphatic rings. The van der Waals surface area contributed by atoms with Crippen molar-refractivity contribution in [3.8, 4) is 0 Å². The molecule has 1 aliphatic heterocycles. The zero-order chi connectivity index (χ0) is 19.5. The average Bonchev–Trinajstić information content (AvgIpc) is 2.61. The Kier molecular flexibility index (Phi) is 6.41. The molecule has 2 rings (SSSR count). The van der Waals surface area contributed by atoms with Crippen LogP contribution in [0.1, 0.15) is 37.3 Å². The Bertz CT molecular complexity index is 783. The summed E-state index contributed by atoms with van der Waals surface area (Å²) in [7, 11) is -3.58. The lowest BCUT2D eigenvalue weighted by Gasteiger charge is -2.31. The van der Waals surface area contributed by atoms with Crippen molar-refractivity contribution >= 4 is 21.9 Å². The number of amides is 1. The summed E-state index contributed by atoms with van der Waals surface area (Å²) in [6.07, 6.45) is 1.07. The van der Waals surface area contributed by atoms with Gasteiger partial charge in [-0.25, -0.2) is 13.2 Å². The topological polar surface area (TPSA) is 104 Å². The van der Waals surface area contributed by atoms with E-state index in [-0.39, 0.29) is 29.8 Å². The Morgan fingerprint density at radius 1 is 1.23 bits per heavy atom. The lowest BCUT2D eigenvalue weighted by atomic mass is 9.97. The zero-order valence-corrected chi connectivity index (χ0v) is 16.2. The second kappa shape index (κ2) is 8.18. The highest BCUT2D eigenvalue weighted by Gasteiger charge is 2.33. The molecule has 7 nitrogen and oxygen atoms in total. The van der Waals surface area contributed by atoms with E-state index < -0.39 is 22.0 Å². The summed E-state index contributed by atoms with van der Waals surface area (Å²) in [4.78, 5) is 23.5. The molecule has 1 saturated heterocycles. The van der Waals surface area contributed by atoms with E-state index in [0.717, 1.165) is 11.1 Å². The number of carbonyl (C=O) groups excluding carboxylic acids is 1. The van der Waals surface area contributed by atoms with Crippen LogP contribution in [0.2, 0.25) is 0 Å². The molecule has 2 N–H and O–H groups in total. The number of benzene rings is 1. The summed E-state index contributed by atoms with van der Waals surface area (Å²) >= 11 is 0. The molecule has 1 unspecified atom stereocenters. The van der Waals surface area contributed by atoms with Crippen molar-refractivity contribution in [2.24, 2.45) is 5.92 Å². The highest BCUT2D eigenvalue weighted by Crippen LogP contribution is 2.25. The summed E-state index contributed by atoms with van der Waals surface area (Å²) in [6, 6.07) is 4.16. The highest BCUT2D eigenvalue weighted by atomic mass is 32.2. The van der Waals surface area contributed by atoms with Gasteiger partial charge in [-0.3, -0.25) is 4.79 Å². The summed E-state index contributed by atoms with van der Waals surface area (Å²) in [5, 5.41) is 11.6. The molecular weight excluding hydrogens is 356 g/mol. The van der Waals surface area contributed by atoms with Crippen LogP contribution in [0, 0.1) is 19.8 Å². The number of carboxylic acid groups (broad SMARTS) is 1. The zero-order valence-electron chi connectivity index (χ0n) is 15.4. The average molecular weight is 382 g/mol. The molecule has 8 heteroatoms. The molecule has 1 amide bonds. The maximum atomic E-state index is 12.8. The molecule has 144 valence electrons. The number of nitrogens with one attached hydrogen (secondary N) is 1. The predicted molar refractivity (Wildman–Crippen MR) is 97.3 cm³/mol. The number of carboxylic acids is 1. The fourth-order valence-corrected chi connectivity index (χ4v) is 4.57. The molecule has 0 aromatic heterocycles. The maximum absolute atomic E-state index is 12.8. The van der Waals surface area contributed by atoms with Crippen LogP contribution < -0.4 is 5.32 Å². The minimum Gasteiger partial charge on any atom is -0.480 e. The summed E-state index contributed by atoms with van der Waals surface area (Å²) in [5.41, 5.74) is 1.95. The first-order chi connectivity index (χ1) is 12.2. The van der Waals surface area contributed by atoms with Crippen molar-refractivity contribution in [2.45, 2.75) is 51.0 Å². The van der Waals surface area contributed by atoms with Gasteiger partial charge in [-0.2, -0.15) is 4.31 Å². The van der Waals surface area contributed by atoms with Crippen molar-refractivity contribution < 1.29 is 23.1 Å². The number of carbonyl (C=O) groups is 2. The van der Waals surface area contributed by atoms with Gasteiger partial charge >= 0.3 is 5.97 Å². The Morgan fingerprint density at radius 3 is 2.35 bits per heavy atom. The second-order valence-corrected chi connectivity index (χ2v) is 8.67. The molecule has 1 atom stereocenters. The number of rotatable bonds is 6. The molecule has 26 heavy (non-hydrogen) atoms. The lowest BCUT2D eigenvalue weighted by molar-refractivity contribution is -0.142. The molecule has 0 radical (unpaired) electrons. The van der Waals surface area contributed by atoms with Crippen LogP contribution in [0.25, 0.3) is 0 Å². The standard InChI is InChI=1S/C18H26N2O5S/c1-4-16(18(22)23)19-17(21)14-7-9-20(10-8-14)26(24,25)15-6-5-12(2)13(3)11-15/h5-6,11,14,16H,4,7-10H2,1-3H3,(H,19,21)(H,22,23). The van der Waals surface area contributed by atoms with Gasteiger partial charge < -0.3 is 10.4 Å². The number of aryl methyl sites for hydroxylation is 2. The molecule has 1 aromatic rings. The summed E-state index contributed by atoms with van der Waals surface area (Å²) in [5.74, 6) is -1.74. The maximum Gasteiger partial charge on any atom is 0.326 e. The molecule has 0 bridgehead atoms. The number of aliphatic carboxylic acids is 1. The summed E-state index contributed by atoms with van der Waals surface area (Å²) in [6.45, 7) is 5.99. The number of hydrogen-bond acceptors (Lipinski definition) is 4. The fraction of sp³-hybridized carbons (Fsp3) is 0.556. The predicted octanol–water partition coefficient (Wildman–Crippen LogP) is 1.68. The van der Waals surface area contributed by atoms with E-state index in [1.807, 2.05) is 13.8 Å². The number of sulfonamides is 1. The number of nitrogens with zero attached hydrogens (tertiary/aromatic N) is 1. The number of hydrogen-bond donors (Lipinski definition) is 2. The quantitative estimate of drug-likeness (QED) is 0.779. The molecule has 1 heterocycles. The van der Waals surface area contributed by atoms with Crippen LogP contribution in [0.5, 0.6) is 0 Å². The van der Waals surface area contributed by atoms with E-state index in [2.05, 4.69) is 5.32 Å². The van der Waals surface area contributed by atoms with E-state index in [9.17, 15) is 18.0 Å². The molecule has 0 aliphatic carbocycles. The van der Waals surface area contributed by atoms with Crippen molar-refractivity contribution in [3.05, 3.63) is 29.3 Å². The molecule has 0 saturated carbocycles. The van der Waals surface area contributed by atoms with Gasteiger partial charge in [0.05, 0.1) is 4.90 Å². The van der Waals surface area contributed by atoms with Gasteiger partial charge in [0.25, 0.3) is 0 Å². The minimum absolute atomic E-state index is 0.247. The van der Waals surface area contributed by atoms with Gasteiger partial charge in [0.2, 0.25) is 15.9 Å². The Hall–Kier alpha value is -1.93. The lowest BCUT2D eigenvalue weighted by Crippen LogP contribution is -2.47. The first-order valence-corrected chi connectivity index (χ1v) is 10.2. The first kappa shape index (κ1) is 20.4. The summed E-state index contributed by atoms with van der Waals surface area (Å²) < 4.78 is 27.0. The molecule has 1 aromatic carbocycles. The van der Waals surface area contributed by atoms with Crippen molar-refractivity contribution in [1.82, 2.24) is 9.62 Å². The van der Waals surface area contributed by atoms with Crippen LogP contribution in [0.15, 0.2) is 23.1 Å². The van der Waals surface area contributed by atoms with E-state index in [0.29, 0.717) is 19.3 Å². The third-order valence-electron chi connectivity index (χ3n) is 4.96. The van der Waals surface area contributed by atoms with Gasteiger partial charge in [-0.1, -0.05) is 13.0 Å². The van der Waals surface area contributed by atoms with E-state index in [4.69, 9.17) is 5.11 Å². The third kappa shape index (κ3) is 4.42. The SMILES string of the molecule is CCC(NC(=O)C1CCN(S(=O)(=O)c2ccc(C)c(C)c2)CC1)C(=O)O. The van der Waals surface area contributed by atoms with Gasteiger partial charge in [0, 0.05) is 19.0 Å². The van der Waals surface area contributed by atoms with Crippen LogP contribution in [0.3, 0.4) is 0 Å². The van der Waals surface area contributed by atoms with Gasteiger partial charge in [0.15, 0.2) is 0 Å². The monoisotopic (exact) mass is 382 g/mol. The van der Waals surface area contributed by atoms with E-state index in [1.165, 1.54) is 4.31 Å². The van der Waals surface area contributed by atoms with Crippen molar-refractivity contribution in [2.75, 3.05) is 13.1 Å². The largest absolute Gasteiger partial charge is 0.480 e. The fourth-order valence-electron chi connectivity index (χ4n) is 3.01. The van der Waals surface area contributed by atoms with Crippen molar-refractivity contribution in [3.63, 3.8) is 0 Å². The highest BCUT2D eigenvalue weighted by molar-refractivity contribution is 7.89. The van der Waals surface area contributed by atoms with Crippen molar-refractivity contribution in [1.29, 1.82) is 0 Å². The smallest absolute Gasteiger partial charge is 0.326 e. The Balaban J connectivity index is 2.02. The van der Waals surface area contributed by atoms with Gasteiger partial charge in [0.1, 0.15) is 6.04 Å². The molecular formula is C18H26N2O5S. The van der Waals surface area contributed by atoms with Crippen LogP contribution in [-0.4, -0.2) is 48.8 Å². The van der Waals surface area contributed by atoms with Crippen LogP contribution >= 0.6 is 0 Å². The third-order valence-corrected chi connectivity index (χ3v) is 6.86. The van der Waals surface area contributed by atoms with E-state index >= 15 is 0 Å². The minimum atomic E-state index is -3.58. The Labute approximate surface area is 154 Å². The van der Waals surface area contributed by atoms with Crippen LogP contribution in [-0.2, 0) is 19.6 Å². The normalized spacial score (nSPS) is 17.7. The first-order valence-electron chi connectivity index (χ1n) is 8.77. The molecule has 1 fully saturated rings. The number of piperidine rings is 1. The Morgan fingerprint density at radius 2 is 1.85 bits per heavy atom. The second-order valence-electron chi connectivity index (χ2n) is 6.73. The van der Waals surface area contributed by atoms with E-state index in [1.54, 1.807) is 25.1 Å². The van der Waals surface area contributed by atoms with Crippen LogP contribution in [0.4, 0.5) is 0 Å². The van der Waals surface area contributed by atoms with Gasteiger partial charge in [-0.05, 0) is 56.4 Å². The molecule has 0 spiro atoms. The van der Waals surface area contributed by atoms with Gasteiger partial charge in [-0.15, -0.1) is 0 Å².